The van der Waals surface area contributed by atoms with Gasteiger partial charge >= 0.3 is 0 Å². The molecule has 0 bridgehead atoms. The molecule has 1 aromatic carbocycles. The Morgan fingerprint density at radius 1 is 1.19 bits per heavy atom. The summed E-state index contributed by atoms with van der Waals surface area (Å²) in [5.74, 6) is 0.743. The van der Waals surface area contributed by atoms with Crippen molar-refractivity contribution in [3.05, 3.63) is 35.2 Å². The molecule has 0 saturated carbocycles. The van der Waals surface area contributed by atoms with Gasteiger partial charge < -0.3 is 4.74 Å². The second kappa shape index (κ2) is 5.14. The summed E-state index contributed by atoms with van der Waals surface area (Å²) >= 11 is 0. The maximum atomic E-state index is 11.4. The molecule has 0 radical (unpaired) electrons. The summed E-state index contributed by atoms with van der Waals surface area (Å²) in [7, 11) is 1.28. The molecule has 0 heterocycles. The smallest absolute Gasteiger partial charge is 0.235 e. The Bertz CT molecular complexity index is 461. The van der Waals surface area contributed by atoms with E-state index in [1.807, 2.05) is 0 Å². The maximum absolute atomic E-state index is 11.4. The summed E-state index contributed by atoms with van der Waals surface area (Å²) in [6.07, 6.45) is 1.55. The van der Waals surface area contributed by atoms with Crippen LogP contribution in [0.5, 0.6) is 5.75 Å². The zero-order chi connectivity index (χ0) is 12.2. The molecule has 0 aromatic heterocycles. The zero-order valence-corrected chi connectivity index (χ0v) is 10.4. The van der Waals surface area contributed by atoms with Gasteiger partial charge in [0.2, 0.25) is 10.0 Å². The van der Waals surface area contributed by atoms with E-state index in [1.165, 1.54) is 19.5 Å². The van der Waals surface area contributed by atoms with Gasteiger partial charge in [-0.3, -0.25) is 0 Å². The van der Waals surface area contributed by atoms with Gasteiger partial charge in [0.15, 0.2) is 0 Å². The van der Waals surface area contributed by atoms with Crippen LogP contribution in [0.4, 0.5) is 0 Å². The molecule has 1 aromatic rings. The molecule has 0 aliphatic heterocycles. The van der Waals surface area contributed by atoms with Crippen LogP contribution in [0, 0.1) is 0 Å². The molecule has 0 aliphatic carbocycles. The number of hydrogen-bond donors (Lipinski definition) is 0. The van der Waals surface area contributed by atoms with Crippen LogP contribution in [0.3, 0.4) is 0 Å². The summed E-state index contributed by atoms with van der Waals surface area (Å²) < 4.78 is 29.0. The Kier molecular flexibility index (Phi) is 4.09. The lowest BCUT2D eigenvalue weighted by Gasteiger charge is -2.06. The van der Waals surface area contributed by atoms with Crippen molar-refractivity contribution >= 4 is 16.1 Å². The van der Waals surface area contributed by atoms with Crippen molar-refractivity contribution in [2.24, 2.45) is 0 Å². The van der Waals surface area contributed by atoms with Crippen LogP contribution in [0.15, 0.2) is 29.7 Å². The van der Waals surface area contributed by atoms with Gasteiger partial charge in [0, 0.05) is 19.5 Å². The van der Waals surface area contributed by atoms with E-state index in [1.54, 1.807) is 37.5 Å². The molecule has 16 heavy (non-hydrogen) atoms. The van der Waals surface area contributed by atoms with Crippen molar-refractivity contribution in [2.45, 2.75) is 0 Å². The fraction of sp³-hybridized carbons (Fsp3) is 0.273. The van der Waals surface area contributed by atoms with E-state index in [2.05, 4.69) is 0 Å². The van der Waals surface area contributed by atoms with Gasteiger partial charge in [-0.15, -0.1) is 0 Å². The average Bonchev–Trinajstić information content (AvgIpc) is 2.27. The standard InChI is InChI=1S/C11H15NO3S/c1-12(2)16(13,14)9-8-10-4-6-11(15-3)7-5-10/h4-9H,1-3H3/b9-8+. The molecule has 0 atom stereocenters. The number of hydrogen-bond acceptors (Lipinski definition) is 3. The van der Waals surface area contributed by atoms with Crippen molar-refractivity contribution in [3.63, 3.8) is 0 Å². The predicted molar refractivity (Wildman–Crippen MR) is 64.6 cm³/mol. The zero-order valence-electron chi connectivity index (χ0n) is 9.54. The SMILES string of the molecule is COc1ccc(/C=C/S(=O)(=O)N(C)C)cc1. The van der Waals surface area contributed by atoms with Crippen LogP contribution >= 0.6 is 0 Å². The average molecular weight is 241 g/mol. The van der Waals surface area contributed by atoms with Gasteiger partial charge in [-0.1, -0.05) is 12.1 Å². The highest BCUT2D eigenvalue weighted by Gasteiger charge is 2.07. The van der Waals surface area contributed by atoms with Gasteiger partial charge in [0.1, 0.15) is 5.75 Å². The lowest BCUT2D eigenvalue weighted by atomic mass is 10.2. The van der Waals surface area contributed by atoms with E-state index in [9.17, 15) is 8.42 Å². The molecule has 0 amide bonds. The van der Waals surface area contributed by atoms with Gasteiger partial charge in [-0.2, -0.15) is 0 Å². The highest BCUT2D eigenvalue weighted by atomic mass is 32.2. The monoisotopic (exact) mass is 241 g/mol. The number of rotatable bonds is 4. The highest BCUT2D eigenvalue weighted by molar-refractivity contribution is 7.92. The van der Waals surface area contributed by atoms with Crippen molar-refractivity contribution < 1.29 is 13.2 Å². The highest BCUT2D eigenvalue weighted by Crippen LogP contribution is 2.13. The number of ether oxygens (including phenoxy) is 1. The topological polar surface area (TPSA) is 46.6 Å². The Hall–Kier alpha value is -1.33. The lowest BCUT2D eigenvalue weighted by Crippen LogP contribution is -2.19. The lowest BCUT2D eigenvalue weighted by molar-refractivity contribution is 0.415. The van der Waals surface area contributed by atoms with Gasteiger partial charge in [-0.05, 0) is 23.8 Å². The van der Waals surface area contributed by atoms with Crippen molar-refractivity contribution in [3.8, 4) is 5.75 Å². The third-order valence-corrected chi connectivity index (χ3v) is 3.56. The van der Waals surface area contributed by atoms with Crippen molar-refractivity contribution in [1.82, 2.24) is 4.31 Å². The van der Waals surface area contributed by atoms with Crippen LogP contribution < -0.4 is 4.74 Å². The van der Waals surface area contributed by atoms with Gasteiger partial charge in [0.25, 0.3) is 0 Å². The molecule has 1 rings (SSSR count). The quantitative estimate of drug-likeness (QED) is 0.803. The summed E-state index contributed by atoms with van der Waals surface area (Å²) in [4.78, 5) is 0. The van der Waals surface area contributed by atoms with E-state index in [0.717, 1.165) is 15.6 Å². The third-order valence-electron chi connectivity index (χ3n) is 2.06. The van der Waals surface area contributed by atoms with E-state index < -0.39 is 10.0 Å². The van der Waals surface area contributed by atoms with E-state index in [-0.39, 0.29) is 0 Å². The summed E-state index contributed by atoms with van der Waals surface area (Å²) in [5.41, 5.74) is 0.811. The first-order valence-electron chi connectivity index (χ1n) is 4.70. The fourth-order valence-corrected chi connectivity index (χ4v) is 1.57. The van der Waals surface area contributed by atoms with Gasteiger partial charge in [-0.25, -0.2) is 12.7 Å². The van der Waals surface area contributed by atoms with Crippen LogP contribution in [0.1, 0.15) is 5.56 Å². The first-order chi connectivity index (χ1) is 7.45. The summed E-state index contributed by atoms with van der Waals surface area (Å²) in [6.45, 7) is 0. The molecule has 0 spiro atoms. The molecule has 0 fully saturated rings. The first-order valence-corrected chi connectivity index (χ1v) is 6.21. The van der Waals surface area contributed by atoms with Crippen molar-refractivity contribution in [2.75, 3.05) is 21.2 Å². The minimum absolute atomic E-state index is 0.743. The number of nitrogens with zero attached hydrogens (tertiary/aromatic N) is 1. The minimum atomic E-state index is -3.29. The van der Waals surface area contributed by atoms with Crippen LogP contribution in [0.25, 0.3) is 6.08 Å². The second-order valence-electron chi connectivity index (χ2n) is 3.40. The van der Waals surface area contributed by atoms with Crippen LogP contribution in [-0.4, -0.2) is 33.9 Å². The Morgan fingerprint density at radius 3 is 2.19 bits per heavy atom. The molecule has 5 heteroatoms. The van der Waals surface area contributed by atoms with Gasteiger partial charge in [0.05, 0.1) is 7.11 Å². The molecular formula is C11H15NO3S. The summed E-state index contributed by atoms with van der Waals surface area (Å²) in [6, 6.07) is 7.14. The predicted octanol–water partition coefficient (Wildman–Crippen LogP) is 1.56. The number of methoxy groups -OCH3 is 1. The fourth-order valence-electron chi connectivity index (χ4n) is 1.00. The number of benzene rings is 1. The molecule has 0 aliphatic rings. The third kappa shape index (κ3) is 3.36. The molecular weight excluding hydrogens is 226 g/mol. The summed E-state index contributed by atoms with van der Waals surface area (Å²) in [5, 5.41) is 1.18. The van der Waals surface area contributed by atoms with E-state index in [4.69, 9.17) is 4.74 Å². The largest absolute Gasteiger partial charge is 0.497 e. The second-order valence-corrected chi connectivity index (χ2v) is 5.44. The minimum Gasteiger partial charge on any atom is -0.497 e. The number of sulfonamides is 1. The molecule has 0 saturated heterocycles. The molecule has 4 nitrogen and oxygen atoms in total. The van der Waals surface area contributed by atoms with E-state index >= 15 is 0 Å². The van der Waals surface area contributed by atoms with Crippen LogP contribution in [0.2, 0.25) is 0 Å². The van der Waals surface area contributed by atoms with E-state index in [0.29, 0.717) is 0 Å². The normalized spacial score (nSPS) is 12.2. The molecule has 88 valence electrons. The van der Waals surface area contributed by atoms with Crippen LogP contribution in [-0.2, 0) is 10.0 Å². The molecule has 0 N–H and O–H groups in total. The van der Waals surface area contributed by atoms with Crippen molar-refractivity contribution in [1.29, 1.82) is 0 Å². The molecule has 0 unspecified atom stereocenters. The Morgan fingerprint density at radius 2 is 1.75 bits per heavy atom. The Labute approximate surface area is 96.2 Å². The first kappa shape index (κ1) is 12.7. The maximum Gasteiger partial charge on any atom is 0.235 e. The Balaban J connectivity index is 2.85.